The second kappa shape index (κ2) is 7.67. The Morgan fingerprint density at radius 2 is 1.74 bits per heavy atom. The zero-order chi connectivity index (χ0) is 11.7. The summed E-state index contributed by atoms with van der Waals surface area (Å²) in [5, 5.41) is 3.30. The van der Waals surface area contributed by atoms with E-state index in [1.165, 1.54) is 19.4 Å². The number of nitrogens with zero attached hydrogens (tertiary/aromatic N) is 2. The van der Waals surface area contributed by atoms with Crippen molar-refractivity contribution >= 4 is 30.7 Å². The average Bonchev–Trinajstić information content (AvgIpc) is 3.00. The molecular formula is C13H25Cl2N3O. The first-order valence-corrected chi connectivity index (χ1v) is 7.07. The van der Waals surface area contributed by atoms with E-state index in [0.717, 1.165) is 51.5 Å². The quantitative estimate of drug-likeness (QED) is 0.849. The number of carbonyl (C=O) groups is 1. The molecule has 1 aliphatic carbocycles. The van der Waals surface area contributed by atoms with Crippen molar-refractivity contribution in [3.8, 4) is 0 Å². The van der Waals surface area contributed by atoms with E-state index in [4.69, 9.17) is 0 Å². The number of nitrogens with one attached hydrogen (secondary N) is 1. The maximum absolute atomic E-state index is 12.2. The van der Waals surface area contributed by atoms with E-state index >= 15 is 0 Å². The highest BCUT2D eigenvalue weighted by molar-refractivity contribution is 5.85. The van der Waals surface area contributed by atoms with Crippen molar-refractivity contribution in [2.24, 2.45) is 5.92 Å². The molecule has 19 heavy (non-hydrogen) atoms. The fourth-order valence-electron chi connectivity index (χ4n) is 2.93. The van der Waals surface area contributed by atoms with Crippen LogP contribution in [0.4, 0.5) is 0 Å². The highest BCUT2D eigenvalue weighted by atomic mass is 35.5. The molecule has 2 heterocycles. The van der Waals surface area contributed by atoms with E-state index in [-0.39, 0.29) is 30.9 Å². The molecule has 1 amide bonds. The summed E-state index contributed by atoms with van der Waals surface area (Å²) in [5.74, 6) is 1.31. The van der Waals surface area contributed by atoms with Crippen molar-refractivity contribution in [2.45, 2.75) is 31.7 Å². The molecule has 0 aromatic carbocycles. The Morgan fingerprint density at radius 1 is 1.05 bits per heavy atom. The van der Waals surface area contributed by atoms with Gasteiger partial charge in [0.15, 0.2) is 0 Å². The normalized spacial score (nSPS) is 27.6. The predicted molar refractivity (Wildman–Crippen MR) is 81.3 cm³/mol. The number of carbonyl (C=O) groups excluding carboxylic acids is 1. The van der Waals surface area contributed by atoms with Gasteiger partial charge in [-0.05, 0) is 38.1 Å². The van der Waals surface area contributed by atoms with Crippen molar-refractivity contribution in [1.82, 2.24) is 15.1 Å². The van der Waals surface area contributed by atoms with Crippen molar-refractivity contribution in [2.75, 3.05) is 39.3 Å². The van der Waals surface area contributed by atoms with E-state index < -0.39 is 0 Å². The van der Waals surface area contributed by atoms with Gasteiger partial charge in [0.2, 0.25) is 5.91 Å². The summed E-state index contributed by atoms with van der Waals surface area (Å²) in [4.78, 5) is 16.8. The topological polar surface area (TPSA) is 35.6 Å². The standard InChI is InChI=1S/C13H23N3O.2ClH/c17-13(12-2-1-5-14-12)16-8-6-15(7-9-16)10-11-3-4-11;;/h11-12,14H,1-10H2;2*1H/t12-;;/m0../s1. The average molecular weight is 310 g/mol. The van der Waals surface area contributed by atoms with Crippen LogP contribution in [0.3, 0.4) is 0 Å². The van der Waals surface area contributed by atoms with Crippen molar-refractivity contribution in [1.29, 1.82) is 0 Å². The molecular weight excluding hydrogens is 285 g/mol. The van der Waals surface area contributed by atoms with Gasteiger partial charge in [0.25, 0.3) is 0 Å². The highest BCUT2D eigenvalue weighted by Gasteiger charge is 2.31. The first-order chi connectivity index (χ1) is 8.33. The van der Waals surface area contributed by atoms with Crippen molar-refractivity contribution in [3.05, 3.63) is 0 Å². The van der Waals surface area contributed by atoms with Gasteiger partial charge in [0, 0.05) is 32.7 Å². The van der Waals surface area contributed by atoms with Gasteiger partial charge >= 0.3 is 0 Å². The third kappa shape index (κ3) is 4.48. The molecule has 2 aliphatic heterocycles. The molecule has 1 N–H and O–H groups in total. The molecule has 3 rings (SSSR count). The maximum atomic E-state index is 12.2. The number of hydrogen-bond acceptors (Lipinski definition) is 3. The molecule has 0 bridgehead atoms. The minimum atomic E-state index is 0. The van der Waals surface area contributed by atoms with Crippen LogP contribution in [0.2, 0.25) is 0 Å². The Balaban J connectivity index is 0.000000902. The molecule has 4 nitrogen and oxygen atoms in total. The lowest BCUT2D eigenvalue weighted by Crippen LogP contribution is -2.53. The maximum Gasteiger partial charge on any atom is 0.239 e. The lowest BCUT2D eigenvalue weighted by molar-refractivity contribution is -0.134. The first-order valence-electron chi connectivity index (χ1n) is 7.07. The van der Waals surface area contributed by atoms with E-state index in [9.17, 15) is 4.79 Å². The van der Waals surface area contributed by atoms with Crippen LogP contribution >= 0.6 is 24.8 Å². The summed E-state index contributed by atoms with van der Waals surface area (Å²) in [6.07, 6.45) is 5.02. The molecule has 112 valence electrons. The van der Waals surface area contributed by atoms with E-state index in [1.807, 2.05) is 0 Å². The van der Waals surface area contributed by atoms with Crippen LogP contribution in [0.25, 0.3) is 0 Å². The summed E-state index contributed by atoms with van der Waals surface area (Å²) in [7, 11) is 0. The SMILES string of the molecule is Cl.Cl.O=C([C@@H]1CCCN1)N1CCN(CC2CC2)CC1. The second-order valence-electron chi connectivity index (χ2n) is 5.72. The van der Waals surface area contributed by atoms with Crippen LogP contribution in [0.15, 0.2) is 0 Å². The minimum absolute atomic E-state index is 0. The number of amides is 1. The molecule has 0 unspecified atom stereocenters. The van der Waals surface area contributed by atoms with Gasteiger partial charge in [-0.15, -0.1) is 24.8 Å². The smallest absolute Gasteiger partial charge is 0.239 e. The Labute approximate surface area is 128 Å². The molecule has 0 aromatic rings. The minimum Gasteiger partial charge on any atom is -0.339 e. The van der Waals surface area contributed by atoms with Crippen molar-refractivity contribution < 1.29 is 4.79 Å². The molecule has 1 atom stereocenters. The second-order valence-corrected chi connectivity index (χ2v) is 5.72. The molecule has 0 spiro atoms. The Morgan fingerprint density at radius 3 is 2.26 bits per heavy atom. The Bertz CT molecular complexity index is 286. The largest absolute Gasteiger partial charge is 0.339 e. The van der Waals surface area contributed by atoms with Crippen LogP contribution in [0.1, 0.15) is 25.7 Å². The Hall–Kier alpha value is -0.0300. The molecule has 2 saturated heterocycles. The highest BCUT2D eigenvalue weighted by Crippen LogP contribution is 2.29. The third-order valence-corrected chi connectivity index (χ3v) is 4.26. The summed E-state index contributed by atoms with van der Waals surface area (Å²) >= 11 is 0. The molecule has 1 saturated carbocycles. The lowest BCUT2D eigenvalue weighted by atomic mass is 10.2. The molecule has 0 aromatic heterocycles. The van der Waals surface area contributed by atoms with Crippen LogP contribution in [-0.2, 0) is 4.79 Å². The number of piperazine rings is 1. The Kier molecular flexibility index (Phi) is 6.87. The van der Waals surface area contributed by atoms with E-state index in [2.05, 4.69) is 15.1 Å². The molecule has 6 heteroatoms. The van der Waals surface area contributed by atoms with Crippen LogP contribution < -0.4 is 5.32 Å². The number of halogens is 2. The first kappa shape index (κ1) is 17.0. The van der Waals surface area contributed by atoms with E-state index in [0.29, 0.717) is 5.91 Å². The van der Waals surface area contributed by atoms with Gasteiger partial charge in [0.1, 0.15) is 0 Å². The van der Waals surface area contributed by atoms with Gasteiger partial charge in [-0.25, -0.2) is 0 Å². The molecule has 0 radical (unpaired) electrons. The van der Waals surface area contributed by atoms with Gasteiger partial charge in [-0.3, -0.25) is 9.69 Å². The zero-order valence-electron chi connectivity index (χ0n) is 11.3. The summed E-state index contributed by atoms with van der Waals surface area (Å²) in [6.45, 7) is 6.30. The van der Waals surface area contributed by atoms with Crippen LogP contribution in [-0.4, -0.2) is 61.0 Å². The monoisotopic (exact) mass is 309 g/mol. The summed E-state index contributed by atoms with van der Waals surface area (Å²) < 4.78 is 0. The lowest BCUT2D eigenvalue weighted by Gasteiger charge is -2.36. The predicted octanol–water partition coefficient (Wildman–Crippen LogP) is 1.14. The van der Waals surface area contributed by atoms with Gasteiger partial charge in [0.05, 0.1) is 6.04 Å². The fraction of sp³-hybridized carbons (Fsp3) is 0.923. The van der Waals surface area contributed by atoms with E-state index in [1.54, 1.807) is 0 Å². The summed E-state index contributed by atoms with van der Waals surface area (Å²) in [5.41, 5.74) is 0. The fourth-order valence-corrected chi connectivity index (χ4v) is 2.93. The van der Waals surface area contributed by atoms with Crippen LogP contribution in [0, 0.1) is 5.92 Å². The van der Waals surface area contributed by atoms with Crippen molar-refractivity contribution in [3.63, 3.8) is 0 Å². The number of hydrogen-bond donors (Lipinski definition) is 1. The third-order valence-electron chi connectivity index (χ3n) is 4.26. The number of rotatable bonds is 3. The summed E-state index contributed by atoms with van der Waals surface area (Å²) in [6, 6.07) is 0.116. The molecule has 3 aliphatic rings. The molecule has 3 fully saturated rings. The zero-order valence-corrected chi connectivity index (χ0v) is 13.0. The van der Waals surface area contributed by atoms with Crippen LogP contribution in [0.5, 0.6) is 0 Å². The van der Waals surface area contributed by atoms with Gasteiger partial charge in [-0.2, -0.15) is 0 Å². The van der Waals surface area contributed by atoms with Gasteiger partial charge < -0.3 is 10.2 Å². The van der Waals surface area contributed by atoms with Gasteiger partial charge in [-0.1, -0.05) is 0 Å².